The van der Waals surface area contributed by atoms with Gasteiger partial charge in [-0.05, 0) is 51.4 Å². The minimum absolute atomic E-state index is 0.0228. The monoisotopic (exact) mass is 1350 g/mol. The summed E-state index contributed by atoms with van der Waals surface area (Å²) in [7, 11) is 0. The van der Waals surface area contributed by atoms with Crippen molar-refractivity contribution in [2.45, 2.75) is 386 Å². The Bertz CT molecular complexity index is 2790. The molecule has 0 bridgehead atoms. The smallest absolute Gasteiger partial charge is 0.405 e. The van der Waals surface area contributed by atoms with Crippen LogP contribution in [-0.2, 0) is 0 Å². The van der Waals surface area contributed by atoms with Crippen LogP contribution in [0.15, 0.2) is 19.6 Å². The molecule has 12 heteroatoms. The molecule has 4 unspecified atom stereocenters. The lowest BCUT2D eigenvalue weighted by Gasteiger charge is -2.27. The van der Waals surface area contributed by atoms with Gasteiger partial charge in [0.1, 0.15) is 30.3 Å². The van der Waals surface area contributed by atoms with Crippen LogP contribution in [0.2, 0.25) is 0 Å². The average molecular weight is 1350 g/mol. The van der Waals surface area contributed by atoms with Gasteiger partial charge in [-0.2, -0.15) is 0 Å². The molecule has 0 saturated heterocycles. The lowest BCUT2D eigenvalue weighted by molar-refractivity contribution is 0.0832. The fourth-order valence-electron chi connectivity index (χ4n) is 14.2. The van der Waals surface area contributed by atoms with Crippen molar-refractivity contribution in [3.63, 3.8) is 0 Å². The molecule has 4 atom stereocenters. The van der Waals surface area contributed by atoms with Crippen LogP contribution >= 0.6 is 45.3 Å². The summed E-state index contributed by atoms with van der Waals surface area (Å²) < 4.78 is 57.8. The van der Waals surface area contributed by atoms with Crippen LogP contribution in [-0.4, -0.2) is 50.8 Å². The molecule has 8 nitrogen and oxygen atoms in total. The van der Waals surface area contributed by atoms with Gasteiger partial charge >= 0.3 is 10.9 Å². The minimum Gasteiger partial charge on any atom is -0.484 e. The lowest BCUT2D eigenvalue weighted by atomic mass is 10.0. The number of hydrogen-bond acceptors (Lipinski definition) is 10. The van der Waals surface area contributed by atoms with Gasteiger partial charge in [0, 0.05) is 10.8 Å². The van der Waals surface area contributed by atoms with E-state index in [-0.39, 0.29) is 24.4 Å². The Morgan fingerprint density at radius 1 is 0.293 bits per heavy atom. The fraction of sp³-hybridized carbons (Fsp3) is 0.800. The zero-order valence-electron chi connectivity index (χ0n) is 59.0. The highest BCUT2D eigenvalue weighted by Crippen LogP contribution is 2.61. The Morgan fingerprint density at radius 2 is 0.620 bits per heavy atom. The molecule has 8 heterocycles. The molecular weight excluding hydrogens is 1220 g/mol. The zero-order chi connectivity index (χ0) is 63.9. The molecule has 0 saturated carbocycles. The number of thiophene rings is 4. The van der Waals surface area contributed by atoms with Gasteiger partial charge < -0.3 is 28.4 Å². The maximum atomic E-state index is 7.28. The van der Waals surface area contributed by atoms with E-state index in [0.29, 0.717) is 26.4 Å². The molecular formula is C80H130O8S4+2. The normalized spacial score (nSPS) is 17.7. The molecule has 520 valence electrons. The van der Waals surface area contributed by atoms with E-state index in [1.165, 1.54) is 295 Å². The molecule has 0 aliphatic carbocycles. The van der Waals surface area contributed by atoms with Crippen LogP contribution < -0.4 is 39.3 Å². The van der Waals surface area contributed by atoms with Crippen LogP contribution in [0, 0.1) is 9.06 Å². The first kappa shape index (κ1) is 75.0. The number of fused-ring (bicyclic) bond motifs is 4. The standard InChI is InChI=1S/C80H130O8S4/c1-5-9-13-17-21-25-29-33-37-41-45-49-53-63-57-81-69-67(85-63)61-89-75(69)77-71-74(88-66(59-83-71)56-52-48-44-40-36-32-28-24-20-16-12-8-4)80(91-77)78-72-73(87-65(60-84-72)55-51-47-43-39-35-31-27-23-19-15-11-7-3)79(92-78)76-70-68(62-90-76)86-64(58-82-70)54-50-46-42-38-34-30-26-22-18-14-10-6-2/h61-66H,5-60H2,1-4H3/q+2. The molecule has 0 N–H and O–H groups in total. The summed E-state index contributed by atoms with van der Waals surface area (Å²) in [5, 5.41) is 4.33. The third-order valence-corrected chi connectivity index (χ3v) is 24.7. The van der Waals surface area contributed by atoms with Crippen molar-refractivity contribution in [1.82, 2.24) is 0 Å². The summed E-state index contributed by atoms with van der Waals surface area (Å²) in [6.07, 6.45) is 68.6. The second kappa shape index (κ2) is 45.7. The molecule has 4 aliphatic heterocycles. The number of rotatable bonds is 54. The van der Waals surface area contributed by atoms with E-state index >= 15 is 0 Å². The van der Waals surface area contributed by atoms with Crippen LogP contribution in [0.25, 0.3) is 19.5 Å². The highest BCUT2D eigenvalue weighted by Gasteiger charge is 2.40. The maximum Gasteiger partial charge on any atom is 0.405 e. The molecule has 8 rings (SSSR count). The van der Waals surface area contributed by atoms with E-state index in [2.05, 4.69) is 38.5 Å². The largest absolute Gasteiger partial charge is 0.484 e. The van der Waals surface area contributed by atoms with Gasteiger partial charge in [-0.3, -0.25) is 0 Å². The highest BCUT2D eigenvalue weighted by atomic mass is 32.1. The summed E-state index contributed by atoms with van der Waals surface area (Å²) >= 11 is 6.92. The summed E-state index contributed by atoms with van der Waals surface area (Å²) in [6, 6.07) is 0. The van der Waals surface area contributed by atoms with Crippen molar-refractivity contribution < 1.29 is 28.4 Å². The predicted molar refractivity (Wildman–Crippen MR) is 398 cm³/mol. The Hall–Kier alpha value is -2.80. The molecule has 4 aromatic heterocycles. The predicted octanol–water partition coefficient (Wildman–Crippen LogP) is 25.9. The number of ether oxygens (including phenoxy) is 6. The van der Waals surface area contributed by atoms with Crippen LogP contribution in [0.4, 0.5) is 0 Å². The summed E-state index contributed by atoms with van der Waals surface area (Å²) in [4.78, 5) is 4.20. The molecule has 0 amide bonds. The summed E-state index contributed by atoms with van der Waals surface area (Å²) in [5.41, 5.74) is 1.66. The fourth-order valence-corrected chi connectivity index (χ4v) is 18.8. The Kier molecular flexibility index (Phi) is 37.2. The molecule has 4 aliphatic rings. The van der Waals surface area contributed by atoms with E-state index in [1.54, 1.807) is 45.3 Å². The summed E-state index contributed by atoms with van der Waals surface area (Å²) in [6.45, 7) is 11.4. The van der Waals surface area contributed by atoms with Crippen molar-refractivity contribution in [2.75, 3.05) is 26.4 Å². The number of hydrogen-bond donors (Lipinski definition) is 0. The van der Waals surface area contributed by atoms with Crippen LogP contribution in [0.5, 0.6) is 34.5 Å². The van der Waals surface area contributed by atoms with Crippen molar-refractivity contribution in [3.8, 4) is 54.0 Å². The Balaban J connectivity index is 0.970. The molecule has 0 aromatic carbocycles. The average Bonchev–Trinajstić information content (AvgIpc) is 1.58. The topological polar surface area (TPSA) is 78.0 Å². The van der Waals surface area contributed by atoms with E-state index in [4.69, 9.17) is 37.3 Å². The minimum atomic E-state index is -0.0326. The molecule has 4 aromatic rings. The summed E-state index contributed by atoms with van der Waals surface area (Å²) in [5.74, 6) is 5.05. The first-order chi connectivity index (χ1) is 45.6. The van der Waals surface area contributed by atoms with Gasteiger partial charge in [0.2, 0.25) is 11.5 Å². The SMILES string of the molecule is CCCCCCCCCCCCCCC1COc2c(csc2-c2sc(-c3s/c(=c4/scc5c4=[O+]CC(CCCCCCCCCCCCCC)O5)c4c3OC(CCCCCCCCCCCCCC)C[O+]=4)c3c2OC(CCCCCCCCCCCCCC)CO3)O1. The third-order valence-electron chi connectivity index (χ3n) is 20.0. The van der Waals surface area contributed by atoms with Crippen molar-refractivity contribution >= 4 is 45.3 Å². The maximum absolute atomic E-state index is 7.28. The van der Waals surface area contributed by atoms with Gasteiger partial charge in [-0.25, -0.2) is 8.85 Å². The van der Waals surface area contributed by atoms with E-state index in [0.717, 1.165) is 112 Å². The van der Waals surface area contributed by atoms with Crippen molar-refractivity contribution in [2.24, 2.45) is 0 Å². The van der Waals surface area contributed by atoms with Gasteiger partial charge in [0.05, 0.1) is 14.6 Å². The molecule has 0 radical (unpaired) electrons. The Labute approximate surface area is 575 Å². The Morgan fingerprint density at radius 3 is 1.07 bits per heavy atom. The third kappa shape index (κ3) is 25.6. The molecule has 0 fully saturated rings. The lowest BCUT2D eigenvalue weighted by Crippen LogP contribution is -2.30. The van der Waals surface area contributed by atoms with Crippen molar-refractivity contribution in [3.05, 3.63) is 39.5 Å². The van der Waals surface area contributed by atoms with Gasteiger partial charge in [0.25, 0.3) is 13.2 Å². The zero-order valence-corrected chi connectivity index (χ0v) is 62.2. The first-order valence-corrected chi connectivity index (χ1v) is 42.7. The quantitative estimate of drug-likeness (QED) is 0.0324. The number of unbranched alkanes of at least 4 members (excludes halogenated alkanes) is 44. The van der Waals surface area contributed by atoms with E-state index < -0.39 is 0 Å². The van der Waals surface area contributed by atoms with Crippen LogP contribution in [0.1, 0.15) is 362 Å². The first-order valence-electron chi connectivity index (χ1n) is 39.3. The highest BCUT2D eigenvalue weighted by molar-refractivity contribution is 7.27. The van der Waals surface area contributed by atoms with Crippen molar-refractivity contribution in [1.29, 1.82) is 0 Å². The van der Waals surface area contributed by atoms with Crippen LogP contribution in [0.3, 0.4) is 0 Å². The molecule has 92 heavy (non-hydrogen) atoms. The van der Waals surface area contributed by atoms with Gasteiger partial charge in [-0.15, -0.1) is 45.3 Å². The molecule has 0 spiro atoms. The van der Waals surface area contributed by atoms with Gasteiger partial charge in [0.15, 0.2) is 44.3 Å². The second-order valence-electron chi connectivity index (χ2n) is 28.3. The van der Waals surface area contributed by atoms with Gasteiger partial charge in [-0.1, -0.05) is 310 Å². The van der Waals surface area contributed by atoms with E-state index in [9.17, 15) is 0 Å². The second-order valence-corrected chi connectivity index (χ2v) is 32.1. The van der Waals surface area contributed by atoms with E-state index in [1.807, 2.05) is 0 Å².